The lowest BCUT2D eigenvalue weighted by atomic mass is 10.1. The number of methoxy groups -OCH3 is 2. The van der Waals surface area contributed by atoms with E-state index in [2.05, 4.69) is 0 Å². The smallest absolute Gasteiger partial charge is 0.123 e. The van der Waals surface area contributed by atoms with Gasteiger partial charge in [0.05, 0.1) is 14.2 Å². The first-order valence-electron chi connectivity index (χ1n) is 5.88. The molecule has 0 heterocycles. The standard InChI is InChI=1S/C16H15FO2/c1-18-15-9-13(10-16(11-15)19-2)4-3-12-5-7-14(17)8-6-12/h3-11H,1-2H3/b4-3+. The first kappa shape index (κ1) is 13.1. The molecule has 0 saturated heterocycles. The van der Waals surface area contributed by atoms with Gasteiger partial charge in [-0.3, -0.25) is 0 Å². The third-order valence-corrected chi connectivity index (χ3v) is 2.71. The Morgan fingerprint density at radius 1 is 0.789 bits per heavy atom. The average molecular weight is 258 g/mol. The van der Waals surface area contributed by atoms with Gasteiger partial charge in [0, 0.05) is 6.07 Å². The maximum Gasteiger partial charge on any atom is 0.123 e. The Labute approximate surface area is 112 Å². The van der Waals surface area contributed by atoms with Gasteiger partial charge in [-0.15, -0.1) is 0 Å². The fourth-order valence-corrected chi connectivity index (χ4v) is 1.69. The molecule has 2 nitrogen and oxygen atoms in total. The zero-order valence-corrected chi connectivity index (χ0v) is 10.9. The van der Waals surface area contributed by atoms with Crippen molar-refractivity contribution in [1.82, 2.24) is 0 Å². The SMILES string of the molecule is COc1cc(/C=C/c2ccc(F)cc2)cc(OC)c1. The lowest BCUT2D eigenvalue weighted by Gasteiger charge is -2.05. The number of ether oxygens (including phenoxy) is 2. The summed E-state index contributed by atoms with van der Waals surface area (Å²) in [7, 11) is 3.23. The molecule has 0 bridgehead atoms. The Hall–Kier alpha value is -2.29. The van der Waals surface area contributed by atoms with Crippen LogP contribution in [0.4, 0.5) is 4.39 Å². The molecule has 0 aliphatic heterocycles. The molecule has 0 saturated carbocycles. The highest BCUT2D eigenvalue weighted by Crippen LogP contribution is 2.23. The number of benzene rings is 2. The van der Waals surface area contributed by atoms with E-state index in [1.165, 1.54) is 12.1 Å². The van der Waals surface area contributed by atoms with Gasteiger partial charge in [0.25, 0.3) is 0 Å². The summed E-state index contributed by atoms with van der Waals surface area (Å²) in [6.07, 6.45) is 3.84. The van der Waals surface area contributed by atoms with Crippen molar-refractivity contribution in [2.24, 2.45) is 0 Å². The fourth-order valence-electron chi connectivity index (χ4n) is 1.69. The zero-order valence-electron chi connectivity index (χ0n) is 10.9. The van der Waals surface area contributed by atoms with E-state index in [-0.39, 0.29) is 5.82 Å². The molecular weight excluding hydrogens is 243 g/mol. The number of hydrogen-bond acceptors (Lipinski definition) is 2. The van der Waals surface area contributed by atoms with Crippen LogP contribution in [0.5, 0.6) is 11.5 Å². The predicted octanol–water partition coefficient (Wildman–Crippen LogP) is 4.01. The molecule has 0 N–H and O–H groups in total. The number of rotatable bonds is 4. The highest BCUT2D eigenvalue weighted by atomic mass is 19.1. The lowest BCUT2D eigenvalue weighted by Crippen LogP contribution is -1.88. The minimum atomic E-state index is -0.236. The normalized spacial score (nSPS) is 10.7. The van der Waals surface area contributed by atoms with Crippen LogP contribution >= 0.6 is 0 Å². The van der Waals surface area contributed by atoms with Gasteiger partial charge in [-0.25, -0.2) is 4.39 Å². The summed E-state index contributed by atoms with van der Waals surface area (Å²) in [4.78, 5) is 0. The molecule has 0 unspecified atom stereocenters. The first-order chi connectivity index (χ1) is 9.21. The van der Waals surface area contributed by atoms with Gasteiger partial charge in [-0.1, -0.05) is 24.3 Å². The van der Waals surface area contributed by atoms with Crippen LogP contribution in [0.3, 0.4) is 0 Å². The second kappa shape index (κ2) is 6.05. The lowest BCUT2D eigenvalue weighted by molar-refractivity contribution is 0.394. The van der Waals surface area contributed by atoms with Gasteiger partial charge >= 0.3 is 0 Å². The minimum absolute atomic E-state index is 0.236. The summed E-state index contributed by atoms with van der Waals surface area (Å²) in [6, 6.07) is 11.9. The molecule has 0 fully saturated rings. The van der Waals surface area contributed by atoms with Gasteiger partial charge in [-0.2, -0.15) is 0 Å². The largest absolute Gasteiger partial charge is 0.497 e. The highest BCUT2D eigenvalue weighted by molar-refractivity contribution is 5.71. The second-order valence-corrected chi connectivity index (χ2v) is 4.03. The molecule has 0 radical (unpaired) electrons. The van der Waals surface area contributed by atoms with Crippen molar-refractivity contribution in [3.05, 3.63) is 59.4 Å². The van der Waals surface area contributed by atoms with E-state index in [0.29, 0.717) is 0 Å². The van der Waals surface area contributed by atoms with Crippen LogP contribution in [0.2, 0.25) is 0 Å². The molecule has 0 amide bonds. The van der Waals surface area contributed by atoms with Crippen molar-refractivity contribution in [1.29, 1.82) is 0 Å². The molecule has 0 spiro atoms. The van der Waals surface area contributed by atoms with Crippen molar-refractivity contribution in [2.75, 3.05) is 14.2 Å². The third kappa shape index (κ3) is 3.58. The molecular formula is C16H15FO2. The van der Waals surface area contributed by atoms with Crippen molar-refractivity contribution < 1.29 is 13.9 Å². The molecule has 0 aliphatic carbocycles. The summed E-state index contributed by atoms with van der Waals surface area (Å²) >= 11 is 0. The Kier molecular flexibility index (Phi) is 4.18. The van der Waals surface area contributed by atoms with E-state index in [9.17, 15) is 4.39 Å². The van der Waals surface area contributed by atoms with Gasteiger partial charge in [0.1, 0.15) is 17.3 Å². The molecule has 2 rings (SSSR count). The van der Waals surface area contributed by atoms with Gasteiger partial charge in [0.15, 0.2) is 0 Å². The van der Waals surface area contributed by atoms with Crippen LogP contribution < -0.4 is 9.47 Å². The molecule has 19 heavy (non-hydrogen) atoms. The van der Waals surface area contributed by atoms with Crippen LogP contribution in [-0.4, -0.2) is 14.2 Å². The van der Waals surface area contributed by atoms with Crippen molar-refractivity contribution in [2.45, 2.75) is 0 Å². The van der Waals surface area contributed by atoms with Gasteiger partial charge in [0.2, 0.25) is 0 Å². The Balaban J connectivity index is 2.24. The number of halogens is 1. The molecule has 3 heteroatoms. The Morgan fingerprint density at radius 3 is 1.84 bits per heavy atom. The monoisotopic (exact) mass is 258 g/mol. The van der Waals surface area contributed by atoms with Crippen LogP contribution in [0.15, 0.2) is 42.5 Å². The summed E-state index contributed by atoms with van der Waals surface area (Å²) in [5.74, 6) is 1.23. The van der Waals surface area contributed by atoms with Crippen LogP contribution in [0.25, 0.3) is 12.2 Å². The molecule has 0 aromatic heterocycles. The zero-order chi connectivity index (χ0) is 13.7. The van der Waals surface area contributed by atoms with Gasteiger partial charge < -0.3 is 9.47 Å². The van der Waals surface area contributed by atoms with Crippen LogP contribution in [-0.2, 0) is 0 Å². The topological polar surface area (TPSA) is 18.5 Å². The molecule has 0 aliphatic rings. The van der Waals surface area contributed by atoms with Crippen LogP contribution in [0.1, 0.15) is 11.1 Å². The minimum Gasteiger partial charge on any atom is -0.497 e. The average Bonchev–Trinajstić information content (AvgIpc) is 2.46. The third-order valence-electron chi connectivity index (χ3n) is 2.71. The van der Waals surface area contributed by atoms with Crippen molar-refractivity contribution in [3.8, 4) is 11.5 Å². The Bertz CT molecular complexity index is 552. The van der Waals surface area contributed by atoms with E-state index >= 15 is 0 Å². The molecule has 0 atom stereocenters. The number of hydrogen-bond donors (Lipinski definition) is 0. The molecule has 2 aromatic rings. The quantitative estimate of drug-likeness (QED) is 0.771. The van der Waals surface area contributed by atoms with E-state index in [1.807, 2.05) is 30.4 Å². The van der Waals surface area contributed by atoms with Crippen molar-refractivity contribution in [3.63, 3.8) is 0 Å². The highest BCUT2D eigenvalue weighted by Gasteiger charge is 1.99. The van der Waals surface area contributed by atoms with Crippen LogP contribution in [0, 0.1) is 5.82 Å². The maximum atomic E-state index is 12.8. The van der Waals surface area contributed by atoms with E-state index in [4.69, 9.17) is 9.47 Å². The summed E-state index contributed by atoms with van der Waals surface area (Å²) in [6.45, 7) is 0. The maximum absolute atomic E-state index is 12.8. The van der Waals surface area contributed by atoms with Crippen molar-refractivity contribution >= 4 is 12.2 Å². The summed E-state index contributed by atoms with van der Waals surface area (Å²) in [5.41, 5.74) is 1.89. The predicted molar refractivity (Wildman–Crippen MR) is 74.9 cm³/mol. The van der Waals surface area contributed by atoms with E-state index in [0.717, 1.165) is 22.6 Å². The molecule has 98 valence electrons. The summed E-state index contributed by atoms with van der Waals surface area (Å²) in [5, 5.41) is 0. The second-order valence-electron chi connectivity index (χ2n) is 4.03. The van der Waals surface area contributed by atoms with Gasteiger partial charge in [-0.05, 0) is 35.4 Å². The first-order valence-corrected chi connectivity index (χ1v) is 5.88. The van der Waals surface area contributed by atoms with E-state index in [1.54, 1.807) is 26.4 Å². The Morgan fingerprint density at radius 2 is 1.32 bits per heavy atom. The molecule has 2 aromatic carbocycles. The van der Waals surface area contributed by atoms with E-state index < -0.39 is 0 Å². The fraction of sp³-hybridized carbons (Fsp3) is 0.125. The summed E-state index contributed by atoms with van der Waals surface area (Å²) < 4.78 is 23.2.